The summed E-state index contributed by atoms with van der Waals surface area (Å²) in [4.78, 5) is 11.8. The Morgan fingerprint density at radius 1 is 1.21 bits per heavy atom. The number of carbonyl (C=O) groups is 1. The van der Waals surface area contributed by atoms with Crippen molar-refractivity contribution in [3.8, 4) is 0 Å². The summed E-state index contributed by atoms with van der Waals surface area (Å²) in [6.45, 7) is -0.801. The SMILES string of the molecule is O=C([NH2+][O-])c1c(CF)ccc2oc3ccccc3c12. The first kappa shape index (κ1) is 11.8. The van der Waals surface area contributed by atoms with Gasteiger partial charge in [-0.15, -0.1) is 0 Å². The highest BCUT2D eigenvalue weighted by atomic mass is 19.1. The lowest BCUT2D eigenvalue weighted by molar-refractivity contribution is -0.481. The number of alkyl halides is 1. The van der Waals surface area contributed by atoms with Crippen molar-refractivity contribution in [1.82, 2.24) is 0 Å². The van der Waals surface area contributed by atoms with Gasteiger partial charge in [0.1, 0.15) is 17.8 Å². The lowest BCUT2D eigenvalue weighted by Crippen LogP contribution is -2.81. The Balaban J connectivity index is 2.49. The van der Waals surface area contributed by atoms with E-state index in [1.807, 2.05) is 6.07 Å². The molecule has 3 aromatic rings. The van der Waals surface area contributed by atoms with Crippen LogP contribution in [-0.2, 0) is 6.67 Å². The fraction of sp³-hybridized carbons (Fsp3) is 0.0714. The van der Waals surface area contributed by atoms with Crippen LogP contribution >= 0.6 is 0 Å². The van der Waals surface area contributed by atoms with Crippen molar-refractivity contribution >= 4 is 27.8 Å². The van der Waals surface area contributed by atoms with Gasteiger partial charge < -0.3 is 15.1 Å². The molecule has 2 aromatic carbocycles. The Hall–Kier alpha value is -2.24. The van der Waals surface area contributed by atoms with Crippen molar-refractivity contribution in [2.75, 3.05) is 0 Å². The van der Waals surface area contributed by atoms with Crippen LogP contribution < -0.4 is 5.48 Å². The predicted molar refractivity (Wildman–Crippen MR) is 68.2 cm³/mol. The van der Waals surface area contributed by atoms with Gasteiger partial charge in [0.25, 0.3) is 0 Å². The monoisotopic (exact) mass is 259 g/mol. The maximum Gasteiger partial charge on any atom is 0.343 e. The highest BCUT2D eigenvalue weighted by Gasteiger charge is 2.21. The molecule has 4 nitrogen and oxygen atoms in total. The molecule has 0 saturated heterocycles. The molecule has 0 spiro atoms. The van der Waals surface area contributed by atoms with Gasteiger partial charge in [-0.3, -0.25) is 0 Å². The normalized spacial score (nSPS) is 11.3. The average molecular weight is 259 g/mol. The molecule has 0 fully saturated rings. The lowest BCUT2D eigenvalue weighted by atomic mass is 10.0. The van der Waals surface area contributed by atoms with Crippen LogP contribution in [0.2, 0.25) is 0 Å². The first-order chi connectivity index (χ1) is 9.26. The molecular weight excluding hydrogens is 249 g/mol. The van der Waals surface area contributed by atoms with E-state index in [2.05, 4.69) is 0 Å². The van der Waals surface area contributed by atoms with Crippen LogP contribution in [0, 0.1) is 5.21 Å². The number of benzene rings is 2. The van der Waals surface area contributed by atoms with Gasteiger partial charge in [-0.1, -0.05) is 24.3 Å². The van der Waals surface area contributed by atoms with Crippen LogP contribution in [0.5, 0.6) is 0 Å². The summed E-state index contributed by atoms with van der Waals surface area (Å²) in [6.07, 6.45) is 0. The zero-order valence-electron chi connectivity index (χ0n) is 9.85. The number of hydroxylamine groups is 1. The number of amides is 1. The Morgan fingerprint density at radius 3 is 2.74 bits per heavy atom. The standard InChI is InChI=1S/C14H10FNO3/c15-7-8-5-6-11-13(12(8)14(17)16-18)9-3-1-2-4-10(9)19-11/h1-6H,7,16H2. The van der Waals surface area contributed by atoms with Crippen molar-refractivity contribution in [3.05, 3.63) is 52.7 Å². The quantitative estimate of drug-likeness (QED) is 0.717. The maximum atomic E-state index is 13.0. The van der Waals surface area contributed by atoms with Gasteiger partial charge in [0.15, 0.2) is 0 Å². The summed E-state index contributed by atoms with van der Waals surface area (Å²) in [5.41, 5.74) is 1.59. The number of rotatable bonds is 2. The number of quaternary nitrogens is 1. The van der Waals surface area contributed by atoms with Crippen LogP contribution in [0.4, 0.5) is 4.39 Å². The van der Waals surface area contributed by atoms with Crippen LogP contribution in [-0.4, -0.2) is 5.91 Å². The van der Waals surface area contributed by atoms with Crippen LogP contribution in [0.3, 0.4) is 0 Å². The molecule has 3 rings (SSSR count). The topological polar surface area (TPSA) is 69.9 Å². The zero-order valence-corrected chi connectivity index (χ0v) is 9.85. The van der Waals surface area contributed by atoms with E-state index in [4.69, 9.17) is 4.42 Å². The van der Waals surface area contributed by atoms with Gasteiger partial charge in [0.05, 0.1) is 5.56 Å². The Kier molecular flexibility index (Phi) is 2.77. The molecule has 1 aromatic heterocycles. The van der Waals surface area contributed by atoms with E-state index in [0.717, 1.165) is 0 Å². The Bertz CT molecular complexity index is 779. The highest BCUT2D eigenvalue weighted by molar-refractivity contribution is 6.15. The molecule has 0 unspecified atom stereocenters. The number of primary amides is 1. The van der Waals surface area contributed by atoms with Crippen molar-refractivity contribution in [2.24, 2.45) is 0 Å². The third-order valence-corrected chi connectivity index (χ3v) is 3.13. The van der Waals surface area contributed by atoms with E-state index < -0.39 is 12.6 Å². The van der Waals surface area contributed by atoms with E-state index in [9.17, 15) is 14.4 Å². The number of furan rings is 1. The predicted octanol–water partition coefficient (Wildman–Crippen LogP) is 2.26. The fourth-order valence-corrected chi connectivity index (χ4v) is 2.31. The lowest BCUT2D eigenvalue weighted by Gasteiger charge is -2.06. The minimum absolute atomic E-state index is 0.0972. The van der Waals surface area contributed by atoms with E-state index in [1.54, 1.807) is 24.3 Å². The molecule has 1 heterocycles. The van der Waals surface area contributed by atoms with Crippen LogP contribution in [0.1, 0.15) is 15.9 Å². The average Bonchev–Trinajstić information content (AvgIpc) is 2.83. The molecule has 2 N–H and O–H groups in total. The van der Waals surface area contributed by atoms with Gasteiger partial charge in [0.2, 0.25) is 0 Å². The largest absolute Gasteiger partial charge is 0.628 e. The second-order valence-electron chi connectivity index (χ2n) is 4.19. The molecular formula is C14H10FNO3. The van der Waals surface area contributed by atoms with Gasteiger partial charge >= 0.3 is 5.91 Å². The molecule has 0 radical (unpaired) electrons. The van der Waals surface area contributed by atoms with Crippen molar-refractivity contribution in [3.63, 3.8) is 0 Å². The summed E-state index contributed by atoms with van der Waals surface area (Å²) in [7, 11) is 0. The number of hydrogen-bond acceptors (Lipinski definition) is 3. The summed E-state index contributed by atoms with van der Waals surface area (Å²) in [6, 6.07) is 10.2. The van der Waals surface area contributed by atoms with Crippen molar-refractivity contribution < 1.29 is 19.1 Å². The summed E-state index contributed by atoms with van der Waals surface area (Å²) < 4.78 is 18.6. The number of para-hydroxylation sites is 1. The van der Waals surface area contributed by atoms with Crippen molar-refractivity contribution in [1.29, 1.82) is 0 Å². The molecule has 0 aliphatic rings. The third kappa shape index (κ3) is 1.71. The third-order valence-electron chi connectivity index (χ3n) is 3.13. The van der Waals surface area contributed by atoms with Gasteiger partial charge in [-0.05, 0) is 12.1 Å². The number of fused-ring (bicyclic) bond motifs is 3. The number of carbonyl (C=O) groups excluding carboxylic acids is 1. The number of halogens is 1. The number of nitrogens with two attached hydrogens (primary N) is 1. The minimum atomic E-state index is -0.801. The molecule has 96 valence electrons. The number of hydrogen-bond donors (Lipinski definition) is 1. The molecule has 0 aliphatic carbocycles. The Morgan fingerprint density at radius 2 is 2.00 bits per heavy atom. The second kappa shape index (κ2) is 4.46. The van der Waals surface area contributed by atoms with E-state index in [0.29, 0.717) is 21.9 Å². The van der Waals surface area contributed by atoms with Crippen molar-refractivity contribution in [2.45, 2.75) is 6.67 Å². The van der Waals surface area contributed by atoms with Gasteiger partial charge in [-0.25, -0.2) is 9.18 Å². The van der Waals surface area contributed by atoms with E-state index >= 15 is 0 Å². The summed E-state index contributed by atoms with van der Waals surface area (Å²) in [5, 5.41) is 12.0. The first-order valence-electron chi connectivity index (χ1n) is 5.75. The smallest absolute Gasteiger partial charge is 0.343 e. The summed E-state index contributed by atoms with van der Waals surface area (Å²) in [5.74, 6) is -0.732. The molecule has 0 saturated carbocycles. The van der Waals surface area contributed by atoms with E-state index in [1.165, 1.54) is 6.07 Å². The molecule has 0 bridgehead atoms. The fourth-order valence-electron chi connectivity index (χ4n) is 2.31. The minimum Gasteiger partial charge on any atom is -0.628 e. The maximum absolute atomic E-state index is 13.0. The zero-order chi connectivity index (χ0) is 13.4. The Labute approximate surface area is 107 Å². The van der Waals surface area contributed by atoms with Gasteiger partial charge in [-0.2, -0.15) is 0 Å². The highest BCUT2D eigenvalue weighted by Crippen LogP contribution is 2.32. The van der Waals surface area contributed by atoms with E-state index in [-0.39, 0.29) is 16.6 Å². The second-order valence-corrected chi connectivity index (χ2v) is 4.19. The molecule has 19 heavy (non-hydrogen) atoms. The molecule has 0 atom stereocenters. The first-order valence-corrected chi connectivity index (χ1v) is 5.75. The molecule has 5 heteroatoms. The molecule has 0 aliphatic heterocycles. The molecule has 1 amide bonds. The van der Waals surface area contributed by atoms with Crippen LogP contribution in [0.25, 0.3) is 21.9 Å². The summed E-state index contributed by atoms with van der Waals surface area (Å²) >= 11 is 0. The van der Waals surface area contributed by atoms with Gasteiger partial charge in [0, 0.05) is 16.3 Å². The van der Waals surface area contributed by atoms with Crippen LogP contribution in [0.15, 0.2) is 40.8 Å².